The number of benzene rings is 1. The van der Waals surface area contributed by atoms with Crippen molar-refractivity contribution in [2.24, 2.45) is 5.73 Å². The average molecular weight is 300 g/mol. The third-order valence-electron chi connectivity index (χ3n) is 3.82. The van der Waals surface area contributed by atoms with Crippen LogP contribution in [0.3, 0.4) is 0 Å². The quantitative estimate of drug-likeness (QED) is 0.891. The first-order valence-corrected chi connectivity index (χ1v) is 8.29. The summed E-state index contributed by atoms with van der Waals surface area (Å²) in [5.41, 5.74) is 7.53. The number of rotatable bonds is 6. The molecule has 4 heteroatoms. The van der Waals surface area contributed by atoms with Crippen LogP contribution in [0.1, 0.15) is 33.6 Å². The molecule has 3 rings (SSSR count). The van der Waals surface area contributed by atoms with Gasteiger partial charge in [0.1, 0.15) is 0 Å². The smallest absolute Gasteiger partial charge is 0.254 e. The van der Waals surface area contributed by atoms with Crippen LogP contribution in [-0.4, -0.2) is 23.4 Å². The van der Waals surface area contributed by atoms with Gasteiger partial charge in [0.2, 0.25) is 0 Å². The van der Waals surface area contributed by atoms with Crippen LogP contribution >= 0.6 is 11.3 Å². The topological polar surface area (TPSA) is 46.3 Å². The normalized spacial score (nSPS) is 14.1. The molecule has 0 saturated heterocycles. The van der Waals surface area contributed by atoms with Crippen molar-refractivity contribution in [3.63, 3.8) is 0 Å². The van der Waals surface area contributed by atoms with Crippen LogP contribution in [0.4, 0.5) is 0 Å². The van der Waals surface area contributed by atoms with Crippen molar-refractivity contribution in [2.75, 3.05) is 6.54 Å². The molecule has 2 N–H and O–H groups in total. The number of nitrogens with zero attached hydrogens (tertiary/aromatic N) is 1. The lowest BCUT2D eigenvalue weighted by molar-refractivity contribution is 0.0730. The predicted molar refractivity (Wildman–Crippen MR) is 86.4 cm³/mol. The first-order valence-electron chi connectivity index (χ1n) is 7.41. The van der Waals surface area contributed by atoms with Crippen LogP contribution < -0.4 is 5.73 Å². The van der Waals surface area contributed by atoms with Crippen molar-refractivity contribution in [1.82, 2.24) is 4.90 Å². The fourth-order valence-electron chi connectivity index (χ4n) is 2.58. The highest BCUT2D eigenvalue weighted by atomic mass is 32.1. The number of carbonyl (C=O) groups is 1. The van der Waals surface area contributed by atoms with E-state index in [1.165, 1.54) is 4.88 Å². The predicted octanol–water partition coefficient (Wildman–Crippen LogP) is 3.05. The Labute approximate surface area is 129 Å². The summed E-state index contributed by atoms with van der Waals surface area (Å²) in [5.74, 6) is 0.148. The molecule has 0 spiro atoms. The Morgan fingerprint density at radius 3 is 2.71 bits per heavy atom. The molecular weight excluding hydrogens is 280 g/mol. The molecule has 0 bridgehead atoms. The van der Waals surface area contributed by atoms with E-state index >= 15 is 0 Å². The highest BCUT2D eigenvalue weighted by molar-refractivity contribution is 7.09. The fraction of sp³-hybridized carbons (Fsp3) is 0.353. The SMILES string of the molecule is NCCc1ccccc1C(=O)N(Cc1cccs1)C1CC1. The van der Waals surface area contributed by atoms with E-state index in [-0.39, 0.29) is 5.91 Å². The summed E-state index contributed by atoms with van der Waals surface area (Å²) in [6.07, 6.45) is 2.99. The van der Waals surface area contributed by atoms with Crippen molar-refractivity contribution < 1.29 is 4.79 Å². The van der Waals surface area contributed by atoms with E-state index in [9.17, 15) is 4.79 Å². The molecule has 1 saturated carbocycles. The van der Waals surface area contributed by atoms with Crippen LogP contribution in [0.15, 0.2) is 41.8 Å². The molecule has 1 aliphatic rings. The zero-order valence-corrected chi connectivity index (χ0v) is 12.8. The standard InChI is InChI=1S/C17H20N2OS/c18-10-9-13-4-1-2-6-16(13)17(20)19(14-7-8-14)12-15-5-3-11-21-15/h1-6,11,14H,7-10,12,18H2. The zero-order valence-electron chi connectivity index (χ0n) is 12.0. The third kappa shape index (κ3) is 3.34. The molecule has 0 radical (unpaired) electrons. The summed E-state index contributed by atoms with van der Waals surface area (Å²) in [4.78, 5) is 16.2. The van der Waals surface area contributed by atoms with Crippen LogP contribution in [0.2, 0.25) is 0 Å². The average Bonchev–Trinajstić information content (AvgIpc) is 3.21. The Kier molecular flexibility index (Phi) is 4.36. The number of amides is 1. The molecule has 3 nitrogen and oxygen atoms in total. The zero-order chi connectivity index (χ0) is 14.7. The summed E-state index contributed by atoms with van der Waals surface area (Å²) in [5, 5.41) is 2.06. The van der Waals surface area contributed by atoms with E-state index in [0.717, 1.165) is 36.9 Å². The highest BCUT2D eigenvalue weighted by Crippen LogP contribution is 2.31. The maximum atomic E-state index is 12.9. The van der Waals surface area contributed by atoms with Crippen LogP contribution in [-0.2, 0) is 13.0 Å². The Morgan fingerprint density at radius 1 is 1.24 bits per heavy atom. The van der Waals surface area contributed by atoms with Crippen molar-refractivity contribution >= 4 is 17.2 Å². The second-order valence-electron chi connectivity index (χ2n) is 5.44. The minimum Gasteiger partial charge on any atom is -0.331 e. The Balaban J connectivity index is 1.84. The Bertz CT molecular complexity index is 605. The van der Waals surface area contributed by atoms with Gasteiger partial charge in [0.25, 0.3) is 5.91 Å². The second kappa shape index (κ2) is 6.41. The Morgan fingerprint density at radius 2 is 2.05 bits per heavy atom. The molecule has 110 valence electrons. The van der Waals surface area contributed by atoms with Gasteiger partial charge in [-0.05, 0) is 48.9 Å². The molecule has 1 amide bonds. The van der Waals surface area contributed by atoms with Crippen LogP contribution in [0.25, 0.3) is 0 Å². The van der Waals surface area contributed by atoms with Gasteiger partial charge in [-0.25, -0.2) is 0 Å². The largest absolute Gasteiger partial charge is 0.331 e. The van der Waals surface area contributed by atoms with E-state index in [0.29, 0.717) is 12.6 Å². The van der Waals surface area contributed by atoms with Gasteiger partial charge >= 0.3 is 0 Å². The van der Waals surface area contributed by atoms with E-state index in [1.54, 1.807) is 11.3 Å². The Hall–Kier alpha value is -1.65. The summed E-state index contributed by atoms with van der Waals surface area (Å²) >= 11 is 1.71. The number of nitrogens with two attached hydrogens (primary N) is 1. The molecule has 1 aliphatic carbocycles. The van der Waals surface area contributed by atoms with Crippen molar-refractivity contribution in [1.29, 1.82) is 0 Å². The van der Waals surface area contributed by atoms with Gasteiger partial charge in [0.15, 0.2) is 0 Å². The van der Waals surface area contributed by atoms with E-state index < -0.39 is 0 Å². The highest BCUT2D eigenvalue weighted by Gasteiger charge is 2.33. The molecule has 1 aromatic heterocycles. The first-order chi connectivity index (χ1) is 10.3. The molecule has 2 aromatic rings. The van der Waals surface area contributed by atoms with Gasteiger partial charge in [-0.1, -0.05) is 24.3 Å². The lowest BCUT2D eigenvalue weighted by Crippen LogP contribution is -2.33. The molecular formula is C17H20N2OS. The van der Waals surface area contributed by atoms with Gasteiger partial charge in [-0.2, -0.15) is 0 Å². The molecule has 0 unspecified atom stereocenters. The van der Waals surface area contributed by atoms with Crippen molar-refractivity contribution in [3.8, 4) is 0 Å². The van der Waals surface area contributed by atoms with Crippen molar-refractivity contribution in [2.45, 2.75) is 31.8 Å². The summed E-state index contributed by atoms with van der Waals surface area (Å²) in [7, 11) is 0. The van der Waals surface area contributed by atoms with Crippen molar-refractivity contribution in [3.05, 3.63) is 57.8 Å². The minimum absolute atomic E-state index is 0.148. The van der Waals surface area contributed by atoms with E-state index in [1.807, 2.05) is 35.2 Å². The van der Waals surface area contributed by atoms with Crippen LogP contribution in [0.5, 0.6) is 0 Å². The summed E-state index contributed by atoms with van der Waals surface area (Å²) < 4.78 is 0. The van der Waals surface area contributed by atoms with Gasteiger partial charge in [0.05, 0.1) is 6.54 Å². The molecule has 0 atom stereocenters. The molecule has 1 fully saturated rings. The number of carbonyl (C=O) groups excluding carboxylic acids is 1. The van der Waals surface area contributed by atoms with Gasteiger partial charge < -0.3 is 10.6 Å². The maximum absolute atomic E-state index is 12.9. The van der Waals surface area contributed by atoms with Crippen LogP contribution in [0, 0.1) is 0 Å². The molecule has 1 aromatic carbocycles. The third-order valence-corrected chi connectivity index (χ3v) is 4.68. The lowest BCUT2D eigenvalue weighted by atomic mass is 10.0. The fourth-order valence-corrected chi connectivity index (χ4v) is 3.28. The number of hydrogen-bond acceptors (Lipinski definition) is 3. The summed E-state index contributed by atoms with van der Waals surface area (Å²) in [6, 6.07) is 12.4. The second-order valence-corrected chi connectivity index (χ2v) is 6.47. The van der Waals surface area contributed by atoms with E-state index in [2.05, 4.69) is 11.4 Å². The maximum Gasteiger partial charge on any atom is 0.254 e. The molecule has 0 aliphatic heterocycles. The molecule has 1 heterocycles. The minimum atomic E-state index is 0.148. The summed E-state index contributed by atoms with van der Waals surface area (Å²) in [6.45, 7) is 1.29. The van der Waals surface area contributed by atoms with E-state index in [4.69, 9.17) is 5.73 Å². The number of hydrogen-bond donors (Lipinski definition) is 1. The molecule has 21 heavy (non-hydrogen) atoms. The van der Waals surface area contributed by atoms with Gasteiger partial charge in [-0.3, -0.25) is 4.79 Å². The first kappa shape index (κ1) is 14.3. The van der Waals surface area contributed by atoms with Gasteiger partial charge in [0, 0.05) is 16.5 Å². The lowest BCUT2D eigenvalue weighted by Gasteiger charge is -2.23. The monoisotopic (exact) mass is 300 g/mol. The number of thiophene rings is 1. The van der Waals surface area contributed by atoms with Gasteiger partial charge in [-0.15, -0.1) is 11.3 Å².